The minimum atomic E-state index is 0.274. The molecule has 2 aliphatic heterocycles. The van der Waals surface area contributed by atoms with E-state index < -0.39 is 0 Å². The van der Waals surface area contributed by atoms with Crippen molar-refractivity contribution in [1.82, 2.24) is 14.7 Å². The number of thioether (sulfide) groups is 1. The largest absolute Gasteiger partial charge is 0.341 e. The van der Waals surface area contributed by atoms with Crippen LogP contribution in [0.1, 0.15) is 16.7 Å². The molecule has 2 saturated heterocycles. The first-order chi connectivity index (χ1) is 14.8. The van der Waals surface area contributed by atoms with E-state index in [0.29, 0.717) is 6.42 Å². The smallest absolute Gasteiger partial charge is 0.227 e. The lowest BCUT2D eigenvalue weighted by Gasteiger charge is -2.34. The molecule has 2 aromatic rings. The van der Waals surface area contributed by atoms with Crippen molar-refractivity contribution in [2.75, 3.05) is 57.3 Å². The molecule has 30 heavy (non-hydrogen) atoms. The third-order valence-corrected chi connectivity index (χ3v) is 7.12. The van der Waals surface area contributed by atoms with Crippen molar-refractivity contribution in [3.8, 4) is 0 Å². The molecule has 0 spiro atoms. The van der Waals surface area contributed by atoms with Gasteiger partial charge in [0, 0.05) is 63.9 Å². The Bertz CT molecular complexity index is 782. The Labute approximate surface area is 185 Å². The second-order valence-corrected chi connectivity index (χ2v) is 9.56. The molecule has 160 valence electrons. The van der Waals surface area contributed by atoms with Gasteiger partial charge in [0.2, 0.25) is 5.91 Å². The molecule has 1 amide bonds. The third kappa shape index (κ3) is 6.34. The van der Waals surface area contributed by atoms with E-state index in [9.17, 15) is 4.79 Å². The van der Waals surface area contributed by atoms with Crippen LogP contribution in [0.3, 0.4) is 0 Å². The molecule has 2 aromatic carbocycles. The Kier molecular flexibility index (Phi) is 7.84. The zero-order chi connectivity index (χ0) is 20.6. The van der Waals surface area contributed by atoms with Crippen LogP contribution in [0.4, 0.5) is 0 Å². The monoisotopic (exact) mass is 423 g/mol. The second-order valence-electron chi connectivity index (χ2n) is 8.34. The van der Waals surface area contributed by atoms with E-state index in [1.807, 2.05) is 16.7 Å². The summed E-state index contributed by atoms with van der Waals surface area (Å²) in [6.45, 7) is 8.56. The Balaban J connectivity index is 1.17. The number of carbonyl (C=O) groups excluding carboxylic acids is 1. The maximum absolute atomic E-state index is 12.4. The molecular weight excluding hydrogens is 390 g/mol. The molecule has 2 aliphatic rings. The lowest BCUT2D eigenvalue weighted by atomic mass is 10.1. The Morgan fingerprint density at radius 2 is 1.37 bits per heavy atom. The summed E-state index contributed by atoms with van der Waals surface area (Å²) >= 11 is 1.94. The van der Waals surface area contributed by atoms with Crippen LogP contribution >= 0.6 is 11.8 Å². The van der Waals surface area contributed by atoms with Crippen LogP contribution in [-0.2, 0) is 24.2 Å². The van der Waals surface area contributed by atoms with Crippen molar-refractivity contribution in [2.24, 2.45) is 0 Å². The maximum atomic E-state index is 12.4. The summed E-state index contributed by atoms with van der Waals surface area (Å²) in [4.78, 5) is 19.6. The number of nitrogens with zero attached hydrogens (tertiary/aromatic N) is 3. The molecule has 0 aromatic heterocycles. The van der Waals surface area contributed by atoms with Crippen LogP contribution in [0.15, 0.2) is 54.6 Å². The molecule has 0 saturated carbocycles. The van der Waals surface area contributed by atoms with Crippen molar-refractivity contribution in [3.63, 3.8) is 0 Å². The zero-order valence-electron chi connectivity index (χ0n) is 17.8. The number of hydrogen-bond acceptors (Lipinski definition) is 4. The maximum Gasteiger partial charge on any atom is 0.227 e. The Morgan fingerprint density at radius 1 is 0.733 bits per heavy atom. The Morgan fingerprint density at radius 3 is 2.07 bits per heavy atom. The van der Waals surface area contributed by atoms with E-state index in [2.05, 4.69) is 64.4 Å². The van der Waals surface area contributed by atoms with Gasteiger partial charge in [-0.05, 0) is 23.1 Å². The average molecular weight is 424 g/mol. The summed E-state index contributed by atoms with van der Waals surface area (Å²) in [5, 5.41) is 0. The topological polar surface area (TPSA) is 26.8 Å². The number of rotatable bonds is 7. The number of hydrogen-bond donors (Lipinski definition) is 0. The van der Waals surface area contributed by atoms with Crippen LogP contribution in [-0.4, -0.2) is 77.9 Å². The predicted molar refractivity (Wildman–Crippen MR) is 126 cm³/mol. The summed E-state index contributed by atoms with van der Waals surface area (Å²) in [6, 6.07) is 19.5. The molecular formula is C25H33N3OS. The predicted octanol–water partition coefficient (Wildman–Crippen LogP) is 3.16. The summed E-state index contributed by atoms with van der Waals surface area (Å²) in [5.41, 5.74) is 3.91. The van der Waals surface area contributed by atoms with Gasteiger partial charge in [0.05, 0.1) is 6.42 Å². The van der Waals surface area contributed by atoms with Gasteiger partial charge >= 0.3 is 0 Å². The van der Waals surface area contributed by atoms with E-state index in [-0.39, 0.29) is 5.91 Å². The van der Waals surface area contributed by atoms with Gasteiger partial charge in [-0.1, -0.05) is 54.6 Å². The molecule has 2 heterocycles. The molecule has 2 fully saturated rings. The fraction of sp³-hybridized carbons (Fsp3) is 0.480. The number of piperazine rings is 1. The van der Waals surface area contributed by atoms with Gasteiger partial charge in [-0.3, -0.25) is 9.69 Å². The Hall–Kier alpha value is -1.82. The standard InChI is InChI=1S/C25H33N3OS/c29-25(28-16-18-30-19-17-28)20-23-8-6-22(7-9-23)10-11-26-12-14-27(15-13-26)21-24-4-2-1-3-5-24/h1-9H,10-21H2. The fourth-order valence-electron chi connectivity index (χ4n) is 4.22. The molecule has 0 atom stereocenters. The molecule has 0 unspecified atom stereocenters. The van der Waals surface area contributed by atoms with E-state index in [1.54, 1.807) is 0 Å². The summed E-state index contributed by atoms with van der Waals surface area (Å²) in [5.74, 6) is 2.42. The number of benzene rings is 2. The molecule has 0 N–H and O–H groups in total. The van der Waals surface area contributed by atoms with Crippen LogP contribution in [0, 0.1) is 0 Å². The number of carbonyl (C=O) groups is 1. The first-order valence-electron chi connectivity index (χ1n) is 11.2. The summed E-state index contributed by atoms with van der Waals surface area (Å²) in [7, 11) is 0. The van der Waals surface area contributed by atoms with Gasteiger partial charge in [0.25, 0.3) is 0 Å². The molecule has 4 rings (SSSR count). The molecule has 0 bridgehead atoms. The fourth-order valence-corrected chi connectivity index (χ4v) is 5.13. The highest BCUT2D eigenvalue weighted by molar-refractivity contribution is 7.99. The highest BCUT2D eigenvalue weighted by atomic mass is 32.2. The lowest BCUT2D eigenvalue weighted by Crippen LogP contribution is -2.46. The summed E-state index contributed by atoms with van der Waals surface area (Å²) in [6.07, 6.45) is 1.62. The quantitative estimate of drug-likeness (QED) is 0.684. The van der Waals surface area contributed by atoms with Crippen molar-refractivity contribution >= 4 is 17.7 Å². The third-order valence-electron chi connectivity index (χ3n) is 6.17. The van der Waals surface area contributed by atoms with E-state index in [0.717, 1.165) is 75.8 Å². The van der Waals surface area contributed by atoms with Gasteiger partial charge in [-0.15, -0.1) is 0 Å². The van der Waals surface area contributed by atoms with Crippen LogP contribution in [0.2, 0.25) is 0 Å². The second kappa shape index (κ2) is 11.0. The van der Waals surface area contributed by atoms with Crippen molar-refractivity contribution < 1.29 is 4.79 Å². The van der Waals surface area contributed by atoms with Gasteiger partial charge in [0.15, 0.2) is 0 Å². The van der Waals surface area contributed by atoms with Crippen LogP contribution in [0.5, 0.6) is 0 Å². The lowest BCUT2D eigenvalue weighted by molar-refractivity contribution is -0.130. The van der Waals surface area contributed by atoms with Gasteiger partial charge < -0.3 is 9.80 Å². The first-order valence-corrected chi connectivity index (χ1v) is 12.3. The van der Waals surface area contributed by atoms with E-state index in [4.69, 9.17) is 0 Å². The van der Waals surface area contributed by atoms with Crippen molar-refractivity contribution in [1.29, 1.82) is 0 Å². The summed E-state index contributed by atoms with van der Waals surface area (Å²) < 4.78 is 0. The van der Waals surface area contributed by atoms with Crippen LogP contribution < -0.4 is 0 Å². The van der Waals surface area contributed by atoms with Gasteiger partial charge in [-0.25, -0.2) is 0 Å². The van der Waals surface area contributed by atoms with Gasteiger partial charge in [-0.2, -0.15) is 11.8 Å². The molecule has 4 nitrogen and oxygen atoms in total. The highest BCUT2D eigenvalue weighted by Gasteiger charge is 2.18. The highest BCUT2D eigenvalue weighted by Crippen LogP contribution is 2.13. The zero-order valence-corrected chi connectivity index (χ0v) is 18.7. The SMILES string of the molecule is O=C(Cc1ccc(CCN2CCN(Cc3ccccc3)CC2)cc1)N1CCSCC1. The normalized spacial score (nSPS) is 18.5. The number of amides is 1. The van der Waals surface area contributed by atoms with Crippen LogP contribution in [0.25, 0.3) is 0 Å². The molecule has 0 aliphatic carbocycles. The first kappa shape index (κ1) is 21.4. The van der Waals surface area contributed by atoms with Crippen molar-refractivity contribution in [3.05, 3.63) is 71.3 Å². The average Bonchev–Trinajstić information content (AvgIpc) is 2.81. The van der Waals surface area contributed by atoms with Crippen molar-refractivity contribution in [2.45, 2.75) is 19.4 Å². The van der Waals surface area contributed by atoms with E-state index in [1.165, 1.54) is 11.1 Å². The van der Waals surface area contributed by atoms with Gasteiger partial charge in [0.1, 0.15) is 0 Å². The minimum absolute atomic E-state index is 0.274. The molecule has 0 radical (unpaired) electrons. The van der Waals surface area contributed by atoms with E-state index >= 15 is 0 Å². The molecule has 5 heteroatoms. The minimum Gasteiger partial charge on any atom is -0.341 e.